The Morgan fingerprint density at radius 3 is 2.76 bits per heavy atom. The third-order valence-electron chi connectivity index (χ3n) is 4.76. The number of aromatic nitrogens is 2. The van der Waals surface area contributed by atoms with E-state index in [-0.39, 0.29) is 18.0 Å². The van der Waals surface area contributed by atoms with Gasteiger partial charge in [0.1, 0.15) is 5.82 Å². The standard InChI is InChI=1S/C18H21F4N3/c1-3-25-16-8-9-23-15(17(16)11(2)24-25)7-4-12-10-13(18(20,21)22)5-6-14(12)19/h5-6,10,15,23H,3-4,7-9H2,1-2H3/t15-/m0/s1. The van der Waals surface area contributed by atoms with Gasteiger partial charge in [-0.3, -0.25) is 4.68 Å². The van der Waals surface area contributed by atoms with Crippen LogP contribution in [0.4, 0.5) is 17.6 Å². The molecule has 7 heteroatoms. The number of alkyl halides is 3. The third-order valence-corrected chi connectivity index (χ3v) is 4.76. The van der Waals surface area contributed by atoms with Crippen LogP contribution in [0.1, 0.15) is 47.5 Å². The van der Waals surface area contributed by atoms with Crippen LogP contribution in [-0.2, 0) is 25.6 Å². The molecule has 1 aromatic heterocycles. The van der Waals surface area contributed by atoms with Gasteiger partial charge in [0, 0.05) is 36.8 Å². The summed E-state index contributed by atoms with van der Waals surface area (Å²) in [7, 11) is 0. The molecule has 0 unspecified atom stereocenters. The fourth-order valence-electron chi connectivity index (χ4n) is 3.58. The molecule has 3 nitrogen and oxygen atoms in total. The first kappa shape index (κ1) is 17.9. The van der Waals surface area contributed by atoms with Crippen LogP contribution in [0, 0.1) is 12.7 Å². The number of hydrogen-bond donors (Lipinski definition) is 1. The second kappa shape index (κ2) is 6.78. The molecule has 0 fully saturated rings. The molecule has 2 heterocycles. The lowest BCUT2D eigenvalue weighted by atomic mass is 9.93. The largest absolute Gasteiger partial charge is 0.416 e. The van der Waals surface area contributed by atoms with Crippen molar-refractivity contribution in [3.05, 3.63) is 52.1 Å². The van der Waals surface area contributed by atoms with Crippen LogP contribution in [0.15, 0.2) is 18.2 Å². The maximum absolute atomic E-state index is 13.9. The Morgan fingerprint density at radius 1 is 1.32 bits per heavy atom. The van der Waals surface area contributed by atoms with Crippen molar-refractivity contribution in [1.29, 1.82) is 0 Å². The molecule has 0 radical (unpaired) electrons. The number of fused-ring (bicyclic) bond motifs is 1. The van der Waals surface area contributed by atoms with E-state index in [1.54, 1.807) is 0 Å². The fraction of sp³-hybridized carbons (Fsp3) is 0.500. The van der Waals surface area contributed by atoms with E-state index in [9.17, 15) is 17.6 Å². The quantitative estimate of drug-likeness (QED) is 0.834. The highest BCUT2D eigenvalue weighted by Crippen LogP contribution is 2.33. The van der Waals surface area contributed by atoms with Crippen LogP contribution >= 0.6 is 0 Å². The first-order chi connectivity index (χ1) is 11.8. The molecule has 0 saturated heterocycles. The monoisotopic (exact) mass is 355 g/mol. The van der Waals surface area contributed by atoms with Gasteiger partial charge in [0.2, 0.25) is 0 Å². The zero-order chi connectivity index (χ0) is 18.2. The molecule has 0 saturated carbocycles. The van der Waals surface area contributed by atoms with Crippen LogP contribution in [0.25, 0.3) is 0 Å². The van der Waals surface area contributed by atoms with E-state index in [0.29, 0.717) is 6.42 Å². The number of nitrogens with one attached hydrogen (secondary N) is 1. The number of aryl methyl sites for hydroxylation is 3. The molecule has 0 amide bonds. The van der Waals surface area contributed by atoms with E-state index in [4.69, 9.17) is 0 Å². The molecule has 1 N–H and O–H groups in total. The number of hydrogen-bond acceptors (Lipinski definition) is 2. The molecule has 2 aromatic rings. The van der Waals surface area contributed by atoms with Gasteiger partial charge < -0.3 is 5.32 Å². The van der Waals surface area contributed by atoms with Crippen molar-refractivity contribution in [2.45, 2.75) is 51.9 Å². The lowest BCUT2D eigenvalue weighted by Crippen LogP contribution is -2.31. The average Bonchev–Trinajstić information content (AvgIpc) is 2.90. The minimum absolute atomic E-state index is 0.0157. The maximum Gasteiger partial charge on any atom is 0.416 e. The topological polar surface area (TPSA) is 29.9 Å². The second-order valence-corrected chi connectivity index (χ2v) is 6.36. The van der Waals surface area contributed by atoms with Gasteiger partial charge in [0.05, 0.1) is 11.3 Å². The first-order valence-corrected chi connectivity index (χ1v) is 8.46. The van der Waals surface area contributed by atoms with Crippen LogP contribution in [0.5, 0.6) is 0 Å². The maximum atomic E-state index is 13.9. The summed E-state index contributed by atoms with van der Waals surface area (Å²) in [5.41, 5.74) is 2.51. The molecule has 0 aliphatic carbocycles. The van der Waals surface area contributed by atoms with Crippen molar-refractivity contribution in [3.8, 4) is 0 Å². The Balaban J connectivity index is 1.81. The lowest BCUT2D eigenvalue weighted by Gasteiger charge is -2.25. The number of rotatable bonds is 4. The molecule has 1 aromatic carbocycles. The van der Waals surface area contributed by atoms with Gasteiger partial charge in [-0.05, 0) is 50.5 Å². The Labute approximate surface area is 144 Å². The van der Waals surface area contributed by atoms with Gasteiger partial charge in [0.25, 0.3) is 0 Å². The Morgan fingerprint density at radius 2 is 2.08 bits per heavy atom. The summed E-state index contributed by atoms with van der Waals surface area (Å²) in [6.45, 7) is 5.54. The molecule has 25 heavy (non-hydrogen) atoms. The average molecular weight is 355 g/mol. The fourth-order valence-corrected chi connectivity index (χ4v) is 3.58. The second-order valence-electron chi connectivity index (χ2n) is 6.36. The minimum atomic E-state index is -4.46. The van der Waals surface area contributed by atoms with Crippen LogP contribution < -0.4 is 5.32 Å². The van der Waals surface area contributed by atoms with Gasteiger partial charge >= 0.3 is 6.18 Å². The predicted octanol–water partition coefficient (Wildman–Crippen LogP) is 4.19. The summed E-state index contributed by atoms with van der Waals surface area (Å²) in [6.07, 6.45) is -2.82. The summed E-state index contributed by atoms with van der Waals surface area (Å²) in [5.74, 6) is -0.593. The smallest absolute Gasteiger partial charge is 0.309 e. The van der Waals surface area contributed by atoms with Crippen LogP contribution in [0.2, 0.25) is 0 Å². The summed E-state index contributed by atoms with van der Waals surface area (Å²) >= 11 is 0. The summed E-state index contributed by atoms with van der Waals surface area (Å²) in [4.78, 5) is 0. The molecule has 1 aliphatic rings. The van der Waals surface area contributed by atoms with Crippen molar-refractivity contribution >= 4 is 0 Å². The summed E-state index contributed by atoms with van der Waals surface area (Å²) in [5, 5.41) is 7.92. The van der Waals surface area contributed by atoms with E-state index in [2.05, 4.69) is 10.4 Å². The van der Waals surface area contributed by atoms with Crippen LogP contribution in [0.3, 0.4) is 0 Å². The highest BCUT2D eigenvalue weighted by molar-refractivity contribution is 5.33. The van der Waals surface area contributed by atoms with E-state index >= 15 is 0 Å². The van der Waals surface area contributed by atoms with E-state index in [1.807, 2.05) is 18.5 Å². The molecule has 0 bridgehead atoms. The van der Waals surface area contributed by atoms with E-state index in [1.165, 1.54) is 5.69 Å². The molecular formula is C18H21F4N3. The molecule has 0 spiro atoms. The van der Waals surface area contributed by atoms with Crippen molar-refractivity contribution in [3.63, 3.8) is 0 Å². The van der Waals surface area contributed by atoms with Crippen molar-refractivity contribution in [1.82, 2.24) is 15.1 Å². The summed E-state index contributed by atoms with van der Waals surface area (Å²) in [6, 6.07) is 2.59. The van der Waals surface area contributed by atoms with E-state index in [0.717, 1.165) is 49.0 Å². The van der Waals surface area contributed by atoms with Crippen molar-refractivity contribution < 1.29 is 17.6 Å². The van der Waals surface area contributed by atoms with Gasteiger partial charge in [-0.25, -0.2) is 4.39 Å². The molecule has 3 rings (SSSR count). The number of nitrogens with zero attached hydrogens (tertiary/aromatic N) is 2. The van der Waals surface area contributed by atoms with Crippen molar-refractivity contribution in [2.24, 2.45) is 0 Å². The molecule has 136 valence electrons. The number of benzene rings is 1. The van der Waals surface area contributed by atoms with Gasteiger partial charge in [0.15, 0.2) is 0 Å². The molecular weight excluding hydrogens is 334 g/mol. The molecule has 1 aliphatic heterocycles. The Kier molecular flexibility index (Phi) is 4.86. The molecule has 1 atom stereocenters. The Hall–Kier alpha value is -1.89. The zero-order valence-corrected chi connectivity index (χ0v) is 14.3. The third kappa shape index (κ3) is 3.56. The minimum Gasteiger partial charge on any atom is -0.309 e. The normalized spacial score (nSPS) is 17.6. The van der Waals surface area contributed by atoms with Crippen molar-refractivity contribution in [2.75, 3.05) is 6.54 Å². The van der Waals surface area contributed by atoms with Gasteiger partial charge in [-0.15, -0.1) is 0 Å². The summed E-state index contributed by atoms with van der Waals surface area (Å²) < 4.78 is 54.4. The Bertz CT molecular complexity index is 764. The lowest BCUT2D eigenvalue weighted by molar-refractivity contribution is -0.137. The van der Waals surface area contributed by atoms with E-state index < -0.39 is 17.6 Å². The zero-order valence-electron chi connectivity index (χ0n) is 14.3. The highest BCUT2D eigenvalue weighted by Gasteiger charge is 2.31. The predicted molar refractivity (Wildman–Crippen MR) is 86.8 cm³/mol. The SMILES string of the molecule is CCn1nc(C)c2c1CCN[C@H]2CCc1cc(C(F)(F)F)ccc1F. The van der Waals surface area contributed by atoms with Crippen LogP contribution in [-0.4, -0.2) is 16.3 Å². The van der Waals surface area contributed by atoms with Gasteiger partial charge in [-0.2, -0.15) is 18.3 Å². The van der Waals surface area contributed by atoms with Gasteiger partial charge in [-0.1, -0.05) is 0 Å². The number of halogens is 4. The first-order valence-electron chi connectivity index (χ1n) is 8.46. The highest BCUT2D eigenvalue weighted by atomic mass is 19.4.